The topological polar surface area (TPSA) is 93.9 Å². The largest absolute Gasteiger partial charge is 0.404 e. The van der Waals surface area contributed by atoms with Crippen molar-refractivity contribution < 1.29 is 9.53 Å². The van der Waals surface area contributed by atoms with Gasteiger partial charge in [-0.05, 0) is 50.4 Å². The van der Waals surface area contributed by atoms with Gasteiger partial charge >= 0.3 is 0 Å². The first-order chi connectivity index (χ1) is 12.5. The Morgan fingerprint density at radius 2 is 1.96 bits per heavy atom. The van der Waals surface area contributed by atoms with Crippen LogP contribution >= 0.6 is 0 Å². The van der Waals surface area contributed by atoms with Gasteiger partial charge in [0.25, 0.3) is 5.91 Å². The molecule has 4 N–H and O–H groups in total. The van der Waals surface area contributed by atoms with E-state index in [1.165, 1.54) is 25.3 Å². The van der Waals surface area contributed by atoms with Crippen molar-refractivity contribution in [1.82, 2.24) is 4.90 Å². The van der Waals surface area contributed by atoms with Gasteiger partial charge in [-0.1, -0.05) is 13.8 Å². The van der Waals surface area contributed by atoms with E-state index < -0.39 is 0 Å². The van der Waals surface area contributed by atoms with Gasteiger partial charge in [-0.2, -0.15) is 0 Å². The first kappa shape index (κ1) is 20.9. The number of hydrogen-bond donors (Lipinski definition) is 2. The molecule has 0 spiro atoms. The molecule has 0 aromatic carbocycles. The number of amides is 1. The normalized spacial score (nSPS) is 31.0. The van der Waals surface area contributed by atoms with Gasteiger partial charge in [0.1, 0.15) is 0 Å². The van der Waals surface area contributed by atoms with Gasteiger partial charge in [0.2, 0.25) is 0 Å². The molecule has 1 saturated heterocycles. The maximum atomic E-state index is 12.8. The van der Waals surface area contributed by atoms with Gasteiger partial charge in [0.05, 0.1) is 24.3 Å². The first-order valence-electron chi connectivity index (χ1n) is 10.00. The van der Waals surface area contributed by atoms with Crippen molar-refractivity contribution in [3.8, 4) is 0 Å². The molecule has 0 bridgehead atoms. The van der Waals surface area contributed by atoms with E-state index in [0.29, 0.717) is 18.7 Å². The number of piperidine rings is 1. The Hall–Kier alpha value is -1.40. The van der Waals surface area contributed by atoms with Gasteiger partial charge in [0.15, 0.2) is 0 Å². The number of carbonyl (C=O) groups is 1. The van der Waals surface area contributed by atoms with Crippen LogP contribution in [0.2, 0.25) is 0 Å². The Kier molecular flexibility index (Phi) is 8.10. The molecule has 0 radical (unpaired) electrons. The lowest BCUT2D eigenvalue weighted by atomic mass is 9.80. The van der Waals surface area contributed by atoms with E-state index in [2.05, 4.69) is 18.8 Å². The average molecular weight is 365 g/mol. The molecule has 1 aliphatic heterocycles. The van der Waals surface area contributed by atoms with Crippen molar-refractivity contribution in [3.63, 3.8) is 0 Å². The predicted molar refractivity (Wildman–Crippen MR) is 106 cm³/mol. The minimum Gasteiger partial charge on any atom is -0.404 e. The molecular weight excluding hydrogens is 328 g/mol. The number of carbonyl (C=O) groups excluding carboxylic acids is 1. The van der Waals surface area contributed by atoms with Crippen LogP contribution in [0.4, 0.5) is 0 Å². The van der Waals surface area contributed by atoms with Gasteiger partial charge in [-0.25, -0.2) is 0 Å². The number of nitrogens with two attached hydrogens (primary N) is 2. The molecule has 1 saturated carbocycles. The Morgan fingerprint density at radius 1 is 1.27 bits per heavy atom. The summed E-state index contributed by atoms with van der Waals surface area (Å²) < 4.78 is 6.22. The Labute approximate surface area is 158 Å². The lowest BCUT2D eigenvalue weighted by molar-refractivity contribution is -0.133. The van der Waals surface area contributed by atoms with Crippen LogP contribution in [0.1, 0.15) is 52.4 Å². The second kappa shape index (κ2) is 10.1. The molecule has 6 nitrogen and oxygen atoms in total. The fourth-order valence-electron chi connectivity index (χ4n) is 4.18. The summed E-state index contributed by atoms with van der Waals surface area (Å²) in [6.07, 6.45) is 9.62. The molecule has 2 atom stereocenters. The molecule has 148 valence electrons. The molecule has 1 amide bonds. The number of aliphatic imine (C=N–C) groups is 1. The first-order valence-corrected chi connectivity index (χ1v) is 10.00. The van der Waals surface area contributed by atoms with E-state index in [1.807, 2.05) is 4.90 Å². The number of likely N-dealkylation sites (tertiary alicyclic amines) is 1. The quantitative estimate of drug-likeness (QED) is 0.557. The van der Waals surface area contributed by atoms with Crippen molar-refractivity contribution in [2.24, 2.45) is 28.3 Å². The van der Waals surface area contributed by atoms with Gasteiger partial charge in [0, 0.05) is 32.0 Å². The van der Waals surface area contributed by atoms with Crippen LogP contribution in [-0.4, -0.2) is 55.4 Å². The minimum atomic E-state index is -0.106. The van der Waals surface area contributed by atoms with Gasteiger partial charge in [-0.15, -0.1) is 0 Å². The summed E-state index contributed by atoms with van der Waals surface area (Å²) in [5.74, 6) is 1.46. The predicted octanol–water partition coefficient (Wildman–Crippen LogP) is 2.08. The molecule has 26 heavy (non-hydrogen) atoms. The van der Waals surface area contributed by atoms with Gasteiger partial charge in [-0.3, -0.25) is 9.79 Å². The molecular formula is C20H36N4O2. The smallest absolute Gasteiger partial charge is 0.257 e. The molecule has 0 aromatic rings. The molecule has 2 rings (SSSR count). The summed E-state index contributed by atoms with van der Waals surface area (Å²) in [6, 6.07) is -0.156. The molecule has 0 unspecified atom stereocenters. The van der Waals surface area contributed by atoms with Crippen LogP contribution in [0.3, 0.4) is 0 Å². The van der Waals surface area contributed by atoms with E-state index in [-0.39, 0.29) is 24.1 Å². The molecule has 1 aliphatic carbocycles. The van der Waals surface area contributed by atoms with Gasteiger partial charge < -0.3 is 21.1 Å². The summed E-state index contributed by atoms with van der Waals surface area (Å²) in [5, 5.41) is 0. The van der Waals surface area contributed by atoms with E-state index >= 15 is 0 Å². The molecule has 0 aromatic heterocycles. The fraction of sp³-hybridized carbons (Fsp3) is 0.800. The Morgan fingerprint density at radius 3 is 2.54 bits per heavy atom. The van der Waals surface area contributed by atoms with Crippen LogP contribution in [0.5, 0.6) is 0 Å². The van der Waals surface area contributed by atoms with Crippen molar-refractivity contribution in [1.29, 1.82) is 0 Å². The zero-order chi connectivity index (χ0) is 19.1. The van der Waals surface area contributed by atoms with Crippen LogP contribution in [0.25, 0.3) is 0 Å². The summed E-state index contributed by atoms with van der Waals surface area (Å²) in [4.78, 5) is 18.6. The Balaban J connectivity index is 1.95. The number of nitrogens with zero attached hydrogens (tertiary/aromatic N) is 2. The van der Waals surface area contributed by atoms with Crippen LogP contribution in [-0.2, 0) is 9.53 Å². The standard InChI is InChI=1S/C20H36N4O2/c1-14(2)15-6-8-17(9-7-15)26-13-19-18(22)5-4-10-24(19)20(25)16(11-21)12-23-3/h11-12,14-15,17-19H,4-10,13,21-22H2,1-3H3/t15?,17?,18-,19-/m0/s1. The third-order valence-corrected chi connectivity index (χ3v) is 5.95. The fourth-order valence-corrected chi connectivity index (χ4v) is 4.18. The lowest BCUT2D eigenvalue weighted by Gasteiger charge is -2.41. The van der Waals surface area contributed by atoms with Crippen molar-refractivity contribution in [2.75, 3.05) is 20.2 Å². The van der Waals surface area contributed by atoms with E-state index in [4.69, 9.17) is 16.2 Å². The number of hydrogen-bond acceptors (Lipinski definition) is 5. The second-order valence-corrected chi connectivity index (χ2v) is 8.00. The molecule has 2 fully saturated rings. The summed E-state index contributed by atoms with van der Waals surface area (Å²) in [7, 11) is 1.63. The zero-order valence-electron chi connectivity index (χ0n) is 16.6. The highest BCUT2D eigenvalue weighted by Crippen LogP contribution is 2.31. The molecule has 2 aliphatic rings. The highest BCUT2D eigenvalue weighted by atomic mass is 16.5. The molecule has 1 heterocycles. The summed E-state index contributed by atoms with van der Waals surface area (Å²) in [6.45, 7) is 5.80. The van der Waals surface area contributed by atoms with Crippen molar-refractivity contribution in [2.45, 2.75) is 70.6 Å². The highest BCUT2D eigenvalue weighted by molar-refractivity contribution is 6.12. The van der Waals surface area contributed by atoms with E-state index in [9.17, 15) is 4.79 Å². The third-order valence-electron chi connectivity index (χ3n) is 5.95. The van der Waals surface area contributed by atoms with E-state index in [0.717, 1.165) is 37.5 Å². The average Bonchev–Trinajstić information content (AvgIpc) is 2.64. The third kappa shape index (κ3) is 5.30. The van der Waals surface area contributed by atoms with Crippen molar-refractivity contribution >= 4 is 12.1 Å². The maximum Gasteiger partial charge on any atom is 0.257 e. The minimum absolute atomic E-state index is 0.0581. The highest BCUT2D eigenvalue weighted by Gasteiger charge is 2.34. The Bertz CT molecular complexity index is 510. The van der Waals surface area contributed by atoms with Crippen LogP contribution in [0.15, 0.2) is 16.8 Å². The summed E-state index contributed by atoms with van der Waals surface area (Å²) >= 11 is 0. The van der Waals surface area contributed by atoms with Crippen LogP contribution in [0, 0.1) is 11.8 Å². The number of rotatable bonds is 6. The maximum absolute atomic E-state index is 12.8. The van der Waals surface area contributed by atoms with E-state index in [1.54, 1.807) is 7.05 Å². The number of ether oxygens (including phenoxy) is 1. The summed E-state index contributed by atoms with van der Waals surface area (Å²) in [5.41, 5.74) is 12.4. The zero-order valence-corrected chi connectivity index (χ0v) is 16.6. The van der Waals surface area contributed by atoms with Crippen LogP contribution < -0.4 is 11.5 Å². The lowest BCUT2D eigenvalue weighted by Crippen LogP contribution is -2.57. The SMILES string of the molecule is CN=CC(=CN)C(=O)N1CCC[C@H](N)[C@@H]1COC1CCC(C(C)C)CC1. The molecule has 6 heteroatoms. The second-order valence-electron chi connectivity index (χ2n) is 8.00. The monoisotopic (exact) mass is 364 g/mol. The van der Waals surface area contributed by atoms with Crippen molar-refractivity contribution in [3.05, 3.63) is 11.8 Å².